The molecule has 0 bridgehead atoms. The van der Waals surface area contributed by atoms with Gasteiger partial charge in [-0.1, -0.05) is 31.6 Å². The lowest BCUT2D eigenvalue weighted by Gasteiger charge is -2.31. The average molecular weight is 292 g/mol. The van der Waals surface area contributed by atoms with Crippen LogP contribution < -0.4 is 0 Å². The molecule has 0 atom stereocenters. The standard InChI is InChI=1S/C18H32N2O/c1-5-10-17(18(6-2)21-7-3)11-8-9-12-20-15-13-19(4)14-16-20/h6,8-9,11H,5,7,10,12-16H2,1-4H3/b9-8+,17-11-,18-6+. The number of ether oxygens (including phenoxy) is 1. The van der Waals surface area contributed by atoms with Gasteiger partial charge in [0.1, 0.15) is 5.76 Å². The van der Waals surface area contributed by atoms with Gasteiger partial charge in [0.05, 0.1) is 6.61 Å². The number of nitrogens with zero attached hydrogens (tertiary/aromatic N) is 2. The molecular weight excluding hydrogens is 260 g/mol. The second kappa shape index (κ2) is 10.6. The van der Waals surface area contributed by atoms with Crippen LogP contribution in [0.25, 0.3) is 0 Å². The fourth-order valence-electron chi connectivity index (χ4n) is 2.50. The predicted molar refractivity (Wildman–Crippen MR) is 91.5 cm³/mol. The van der Waals surface area contributed by atoms with E-state index >= 15 is 0 Å². The van der Waals surface area contributed by atoms with E-state index in [4.69, 9.17) is 4.74 Å². The Balaban J connectivity index is 2.50. The minimum absolute atomic E-state index is 0.728. The Morgan fingerprint density at radius 1 is 1.14 bits per heavy atom. The molecule has 0 amide bonds. The topological polar surface area (TPSA) is 15.7 Å². The lowest BCUT2D eigenvalue weighted by atomic mass is 10.1. The fourth-order valence-corrected chi connectivity index (χ4v) is 2.50. The summed E-state index contributed by atoms with van der Waals surface area (Å²) in [5, 5.41) is 0. The summed E-state index contributed by atoms with van der Waals surface area (Å²) in [4.78, 5) is 4.89. The van der Waals surface area contributed by atoms with E-state index < -0.39 is 0 Å². The Hall–Kier alpha value is -1.06. The largest absolute Gasteiger partial charge is 0.494 e. The Morgan fingerprint density at radius 3 is 2.43 bits per heavy atom. The van der Waals surface area contributed by atoms with Crippen LogP contribution >= 0.6 is 0 Å². The van der Waals surface area contributed by atoms with Gasteiger partial charge < -0.3 is 9.64 Å². The lowest BCUT2D eigenvalue weighted by Crippen LogP contribution is -2.44. The SMILES string of the molecule is C\C=C(OCC)/C(=C\C=C\CN1CCN(C)CC1)CCC. The van der Waals surface area contributed by atoms with Crippen molar-refractivity contribution in [2.75, 3.05) is 46.4 Å². The first kappa shape index (κ1) is 18.0. The summed E-state index contributed by atoms with van der Waals surface area (Å²) >= 11 is 0. The average Bonchev–Trinajstić information content (AvgIpc) is 2.50. The van der Waals surface area contributed by atoms with Crippen LogP contribution in [-0.4, -0.2) is 56.2 Å². The first-order valence-corrected chi connectivity index (χ1v) is 8.27. The van der Waals surface area contributed by atoms with Crippen molar-refractivity contribution in [1.82, 2.24) is 9.80 Å². The zero-order valence-corrected chi connectivity index (χ0v) is 14.3. The van der Waals surface area contributed by atoms with Crippen molar-refractivity contribution in [1.29, 1.82) is 0 Å². The smallest absolute Gasteiger partial charge is 0.118 e. The second-order valence-electron chi connectivity index (χ2n) is 5.56. The summed E-state index contributed by atoms with van der Waals surface area (Å²) < 4.78 is 5.71. The molecule has 0 unspecified atom stereocenters. The van der Waals surface area contributed by atoms with Crippen LogP contribution in [-0.2, 0) is 4.74 Å². The molecule has 1 aliphatic rings. The number of rotatable bonds is 8. The highest BCUT2D eigenvalue weighted by Crippen LogP contribution is 2.17. The zero-order chi connectivity index (χ0) is 15.5. The molecule has 0 spiro atoms. The summed E-state index contributed by atoms with van der Waals surface area (Å²) in [6, 6.07) is 0. The molecule has 0 aromatic rings. The fraction of sp³-hybridized carbons (Fsp3) is 0.667. The van der Waals surface area contributed by atoms with Gasteiger partial charge in [0.2, 0.25) is 0 Å². The number of hydrogen-bond acceptors (Lipinski definition) is 3. The maximum Gasteiger partial charge on any atom is 0.118 e. The van der Waals surface area contributed by atoms with Crippen molar-refractivity contribution < 1.29 is 4.74 Å². The van der Waals surface area contributed by atoms with E-state index in [1.807, 2.05) is 13.8 Å². The zero-order valence-electron chi connectivity index (χ0n) is 14.3. The van der Waals surface area contributed by atoms with E-state index in [0.717, 1.165) is 31.8 Å². The number of hydrogen-bond donors (Lipinski definition) is 0. The molecule has 1 saturated heterocycles. The number of allylic oxidation sites excluding steroid dienone is 4. The third-order valence-corrected chi connectivity index (χ3v) is 3.79. The Morgan fingerprint density at radius 2 is 1.86 bits per heavy atom. The molecule has 1 aliphatic heterocycles. The molecule has 1 heterocycles. The summed E-state index contributed by atoms with van der Waals surface area (Å²) in [6.45, 7) is 12.8. The second-order valence-corrected chi connectivity index (χ2v) is 5.56. The van der Waals surface area contributed by atoms with Crippen molar-refractivity contribution in [3.63, 3.8) is 0 Å². The highest BCUT2D eigenvalue weighted by molar-refractivity contribution is 5.29. The molecule has 120 valence electrons. The van der Waals surface area contributed by atoms with Crippen molar-refractivity contribution in [2.45, 2.75) is 33.6 Å². The van der Waals surface area contributed by atoms with E-state index in [9.17, 15) is 0 Å². The number of piperazine rings is 1. The molecule has 1 rings (SSSR count). The molecule has 0 radical (unpaired) electrons. The Bertz CT molecular complexity index is 363. The number of likely N-dealkylation sites (N-methyl/N-ethyl adjacent to an activating group) is 1. The van der Waals surface area contributed by atoms with Gasteiger partial charge in [0, 0.05) is 32.7 Å². The van der Waals surface area contributed by atoms with E-state index in [1.54, 1.807) is 0 Å². The molecule has 0 aromatic heterocycles. The van der Waals surface area contributed by atoms with Gasteiger partial charge in [-0.2, -0.15) is 0 Å². The molecule has 3 heteroatoms. The molecule has 21 heavy (non-hydrogen) atoms. The normalized spacial score (nSPS) is 19.4. The monoisotopic (exact) mass is 292 g/mol. The van der Waals surface area contributed by atoms with Crippen LogP contribution in [0.15, 0.2) is 35.6 Å². The summed E-state index contributed by atoms with van der Waals surface area (Å²) in [5.41, 5.74) is 1.30. The van der Waals surface area contributed by atoms with Crippen LogP contribution in [0.2, 0.25) is 0 Å². The van der Waals surface area contributed by atoms with Crippen LogP contribution in [0.5, 0.6) is 0 Å². The third-order valence-electron chi connectivity index (χ3n) is 3.79. The van der Waals surface area contributed by atoms with Gasteiger partial charge in [0.15, 0.2) is 0 Å². The van der Waals surface area contributed by atoms with Crippen molar-refractivity contribution in [3.8, 4) is 0 Å². The summed E-state index contributed by atoms with van der Waals surface area (Å²) in [5.74, 6) is 1.03. The molecule has 0 aliphatic carbocycles. The van der Waals surface area contributed by atoms with E-state index in [1.165, 1.54) is 31.8 Å². The van der Waals surface area contributed by atoms with Gasteiger partial charge in [-0.25, -0.2) is 0 Å². The molecule has 3 nitrogen and oxygen atoms in total. The van der Waals surface area contributed by atoms with Crippen LogP contribution in [0.4, 0.5) is 0 Å². The maximum absolute atomic E-state index is 5.71. The van der Waals surface area contributed by atoms with Crippen LogP contribution in [0, 0.1) is 0 Å². The lowest BCUT2D eigenvalue weighted by molar-refractivity contribution is 0.166. The Labute approximate surface area is 131 Å². The van der Waals surface area contributed by atoms with E-state index in [2.05, 4.69) is 48.1 Å². The minimum atomic E-state index is 0.728. The predicted octanol–water partition coefficient (Wildman–Crippen LogP) is 3.46. The highest BCUT2D eigenvalue weighted by Gasteiger charge is 2.11. The highest BCUT2D eigenvalue weighted by atomic mass is 16.5. The summed E-state index contributed by atoms with van der Waals surface area (Å²) in [6.07, 6.45) is 10.9. The molecular formula is C18H32N2O. The van der Waals surface area contributed by atoms with Crippen molar-refractivity contribution >= 4 is 0 Å². The van der Waals surface area contributed by atoms with Crippen molar-refractivity contribution in [3.05, 3.63) is 35.6 Å². The van der Waals surface area contributed by atoms with Gasteiger partial charge in [-0.3, -0.25) is 4.90 Å². The third kappa shape index (κ3) is 6.96. The molecule has 0 aromatic carbocycles. The van der Waals surface area contributed by atoms with Crippen LogP contribution in [0.1, 0.15) is 33.6 Å². The quantitative estimate of drug-likeness (QED) is 0.503. The van der Waals surface area contributed by atoms with Gasteiger partial charge in [0.25, 0.3) is 0 Å². The van der Waals surface area contributed by atoms with E-state index in [-0.39, 0.29) is 0 Å². The Kier molecular flexibility index (Phi) is 9.11. The van der Waals surface area contributed by atoms with Gasteiger partial charge in [-0.15, -0.1) is 0 Å². The van der Waals surface area contributed by atoms with Crippen LogP contribution in [0.3, 0.4) is 0 Å². The van der Waals surface area contributed by atoms with Gasteiger partial charge in [-0.05, 0) is 39.0 Å². The summed E-state index contributed by atoms with van der Waals surface area (Å²) in [7, 11) is 2.19. The first-order valence-electron chi connectivity index (χ1n) is 8.27. The van der Waals surface area contributed by atoms with E-state index in [0.29, 0.717) is 0 Å². The van der Waals surface area contributed by atoms with Crippen molar-refractivity contribution in [2.24, 2.45) is 0 Å². The first-order chi connectivity index (χ1) is 10.2. The minimum Gasteiger partial charge on any atom is -0.494 e. The maximum atomic E-state index is 5.71. The molecule has 1 fully saturated rings. The van der Waals surface area contributed by atoms with Gasteiger partial charge >= 0.3 is 0 Å². The molecule has 0 N–H and O–H groups in total. The molecule has 0 saturated carbocycles.